The van der Waals surface area contributed by atoms with Gasteiger partial charge in [0.1, 0.15) is 25.8 Å². The molecule has 1 N–H and O–H groups in total. The number of carbonyl (C=O) groups excluding carboxylic acids is 2. The van der Waals surface area contributed by atoms with E-state index in [1.807, 2.05) is 45.0 Å². The van der Waals surface area contributed by atoms with Crippen molar-refractivity contribution in [3.8, 4) is 11.5 Å². The van der Waals surface area contributed by atoms with Crippen molar-refractivity contribution < 1.29 is 27.5 Å². The van der Waals surface area contributed by atoms with Gasteiger partial charge < -0.3 is 19.7 Å². The Hall–Kier alpha value is -3.27. The zero-order valence-electron chi connectivity index (χ0n) is 21.5. The van der Waals surface area contributed by atoms with Gasteiger partial charge in [-0.1, -0.05) is 29.8 Å². The minimum absolute atomic E-state index is 0.106. The molecule has 2 aromatic rings. The molecule has 0 saturated carbocycles. The lowest BCUT2D eigenvalue weighted by atomic mass is 10.1. The van der Waals surface area contributed by atoms with Crippen LogP contribution in [0.2, 0.25) is 0 Å². The molecule has 196 valence electrons. The van der Waals surface area contributed by atoms with Crippen LogP contribution in [0.5, 0.6) is 11.5 Å². The molecule has 1 unspecified atom stereocenters. The molecule has 0 spiro atoms. The van der Waals surface area contributed by atoms with Crippen molar-refractivity contribution in [2.45, 2.75) is 53.2 Å². The molecule has 3 rings (SSSR count). The summed E-state index contributed by atoms with van der Waals surface area (Å²) in [6.07, 6.45) is 0. The molecule has 1 atom stereocenters. The summed E-state index contributed by atoms with van der Waals surface area (Å²) in [7, 11) is -3.82. The van der Waals surface area contributed by atoms with Crippen LogP contribution < -0.4 is 19.1 Å². The zero-order chi connectivity index (χ0) is 26.5. The molecular formula is C26H35N3O6S. The lowest BCUT2D eigenvalue weighted by Crippen LogP contribution is -2.52. The lowest BCUT2D eigenvalue weighted by molar-refractivity contribution is -0.139. The van der Waals surface area contributed by atoms with Crippen molar-refractivity contribution in [3.05, 3.63) is 53.6 Å². The van der Waals surface area contributed by atoms with Crippen LogP contribution in [-0.2, 0) is 26.2 Å². The fraction of sp³-hybridized carbons (Fsp3) is 0.462. The predicted octanol–water partition coefficient (Wildman–Crippen LogP) is 2.86. The Morgan fingerprint density at radius 3 is 2.25 bits per heavy atom. The first-order valence-corrected chi connectivity index (χ1v) is 13.7. The van der Waals surface area contributed by atoms with E-state index in [4.69, 9.17) is 9.47 Å². The average Bonchev–Trinajstić information content (AvgIpc) is 2.85. The van der Waals surface area contributed by atoms with Gasteiger partial charge in [0.15, 0.2) is 11.5 Å². The number of benzene rings is 2. The first-order valence-electron chi connectivity index (χ1n) is 12.1. The van der Waals surface area contributed by atoms with Gasteiger partial charge >= 0.3 is 0 Å². The van der Waals surface area contributed by atoms with Gasteiger partial charge in [-0.05, 0) is 52.3 Å². The minimum atomic E-state index is -3.82. The highest BCUT2D eigenvalue weighted by molar-refractivity contribution is 7.92. The molecular weight excluding hydrogens is 482 g/mol. The number of amides is 2. The molecule has 2 amide bonds. The van der Waals surface area contributed by atoms with Gasteiger partial charge in [0, 0.05) is 18.7 Å². The van der Waals surface area contributed by atoms with Crippen molar-refractivity contribution in [3.63, 3.8) is 0 Å². The number of carbonyl (C=O) groups is 2. The first kappa shape index (κ1) is 27.3. The van der Waals surface area contributed by atoms with Crippen molar-refractivity contribution in [2.24, 2.45) is 0 Å². The topological polar surface area (TPSA) is 105 Å². The maximum absolute atomic E-state index is 13.7. The van der Waals surface area contributed by atoms with E-state index in [9.17, 15) is 18.0 Å². The molecule has 1 aliphatic rings. The summed E-state index contributed by atoms with van der Waals surface area (Å²) < 4.78 is 38.4. The Bertz CT molecular complexity index is 1180. The Balaban J connectivity index is 1.94. The maximum atomic E-state index is 13.7. The van der Waals surface area contributed by atoms with Gasteiger partial charge in [0.2, 0.25) is 21.8 Å². The van der Waals surface area contributed by atoms with Gasteiger partial charge in [-0.3, -0.25) is 13.9 Å². The number of hydrogen-bond donors (Lipinski definition) is 1. The number of nitrogens with one attached hydrogen (secondary N) is 1. The van der Waals surface area contributed by atoms with E-state index in [-0.39, 0.29) is 24.2 Å². The van der Waals surface area contributed by atoms with E-state index in [0.717, 1.165) is 15.4 Å². The van der Waals surface area contributed by atoms with Crippen molar-refractivity contribution in [1.82, 2.24) is 10.2 Å². The van der Waals surface area contributed by atoms with Crippen LogP contribution >= 0.6 is 0 Å². The van der Waals surface area contributed by atoms with Gasteiger partial charge in [0.25, 0.3) is 0 Å². The molecule has 9 nitrogen and oxygen atoms in total. The van der Waals surface area contributed by atoms with Gasteiger partial charge in [0.05, 0.1) is 11.4 Å². The normalized spacial score (nSPS) is 13.7. The molecule has 0 saturated heterocycles. The van der Waals surface area contributed by atoms with E-state index in [2.05, 4.69) is 5.32 Å². The lowest BCUT2D eigenvalue weighted by Gasteiger charge is -2.32. The average molecular weight is 518 g/mol. The third-order valence-electron chi connectivity index (χ3n) is 5.86. The Kier molecular flexibility index (Phi) is 8.84. The van der Waals surface area contributed by atoms with Crippen LogP contribution in [-0.4, -0.2) is 62.7 Å². The van der Waals surface area contributed by atoms with Crippen LogP contribution in [0.3, 0.4) is 0 Å². The number of rotatable bonds is 10. The fourth-order valence-corrected chi connectivity index (χ4v) is 4.84. The van der Waals surface area contributed by atoms with E-state index in [1.165, 1.54) is 11.8 Å². The number of aryl methyl sites for hydroxylation is 1. The molecule has 2 aromatic carbocycles. The molecule has 0 bridgehead atoms. The second-order valence-electron chi connectivity index (χ2n) is 9.08. The number of sulfonamides is 1. The molecule has 1 heterocycles. The summed E-state index contributed by atoms with van der Waals surface area (Å²) in [5.74, 6) is -0.0618. The summed E-state index contributed by atoms with van der Waals surface area (Å²) in [4.78, 5) is 27.9. The molecule has 10 heteroatoms. The van der Waals surface area contributed by atoms with Crippen LogP contribution in [0, 0.1) is 6.92 Å². The second-order valence-corrected chi connectivity index (χ2v) is 11.3. The fourth-order valence-electron chi connectivity index (χ4n) is 3.78. The third-order valence-corrected chi connectivity index (χ3v) is 7.61. The molecule has 0 aliphatic carbocycles. The number of ether oxygens (including phenoxy) is 2. The Morgan fingerprint density at radius 1 is 1.00 bits per heavy atom. The molecule has 0 fully saturated rings. The highest BCUT2D eigenvalue weighted by atomic mass is 32.2. The van der Waals surface area contributed by atoms with Crippen LogP contribution in [0.1, 0.15) is 38.8 Å². The Morgan fingerprint density at radius 2 is 1.64 bits per heavy atom. The largest absolute Gasteiger partial charge is 0.486 e. The predicted molar refractivity (Wildman–Crippen MR) is 139 cm³/mol. The van der Waals surface area contributed by atoms with Crippen molar-refractivity contribution in [2.75, 3.05) is 29.8 Å². The van der Waals surface area contributed by atoms with Crippen LogP contribution in [0.4, 0.5) is 5.69 Å². The highest BCUT2D eigenvalue weighted by Crippen LogP contribution is 2.35. The SMILES string of the molecule is CCS(=O)(=O)N(CC(=O)N(Cc1ccc(C)cc1)C(C)C(=O)NC(C)C)c1ccc2c(c1)OCCO2. The van der Waals surface area contributed by atoms with E-state index in [0.29, 0.717) is 30.4 Å². The van der Waals surface area contributed by atoms with Crippen molar-refractivity contribution in [1.29, 1.82) is 0 Å². The summed E-state index contributed by atoms with van der Waals surface area (Å²) in [5, 5.41) is 2.84. The summed E-state index contributed by atoms with van der Waals surface area (Å²) in [6, 6.07) is 11.5. The third kappa shape index (κ3) is 6.69. The second kappa shape index (κ2) is 11.6. The van der Waals surface area contributed by atoms with Gasteiger partial charge in [-0.2, -0.15) is 0 Å². The molecule has 0 radical (unpaired) electrons. The molecule has 1 aliphatic heterocycles. The number of anilines is 1. The minimum Gasteiger partial charge on any atom is -0.486 e. The van der Waals surface area contributed by atoms with Crippen LogP contribution in [0.15, 0.2) is 42.5 Å². The Labute approximate surface area is 213 Å². The highest BCUT2D eigenvalue weighted by Gasteiger charge is 2.31. The van der Waals surface area contributed by atoms with E-state index in [1.54, 1.807) is 25.1 Å². The van der Waals surface area contributed by atoms with E-state index < -0.39 is 28.5 Å². The first-order chi connectivity index (χ1) is 17.0. The quantitative estimate of drug-likeness (QED) is 0.520. The van der Waals surface area contributed by atoms with Crippen molar-refractivity contribution >= 4 is 27.5 Å². The standard InChI is InChI=1S/C26H35N3O6S/c1-6-36(32,33)29(22-11-12-23-24(15-22)35-14-13-34-23)17-25(30)28(20(5)26(31)27-18(2)3)16-21-9-7-19(4)8-10-21/h7-12,15,18,20H,6,13-14,16-17H2,1-5H3,(H,27,31). The van der Waals surface area contributed by atoms with Gasteiger partial charge in [-0.15, -0.1) is 0 Å². The monoisotopic (exact) mass is 517 g/mol. The molecule has 36 heavy (non-hydrogen) atoms. The number of fused-ring (bicyclic) bond motifs is 1. The molecule has 0 aromatic heterocycles. The summed E-state index contributed by atoms with van der Waals surface area (Å²) in [6.45, 7) is 9.28. The number of hydrogen-bond acceptors (Lipinski definition) is 6. The smallest absolute Gasteiger partial charge is 0.244 e. The summed E-state index contributed by atoms with van der Waals surface area (Å²) >= 11 is 0. The zero-order valence-corrected chi connectivity index (χ0v) is 22.3. The van der Waals surface area contributed by atoms with Crippen LogP contribution in [0.25, 0.3) is 0 Å². The summed E-state index contributed by atoms with van der Waals surface area (Å²) in [5.41, 5.74) is 2.20. The number of nitrogens with zero attached hydrogens (tertiary/aromatic N) is 2. The van der Waals surface area contributed by atoms with E-state index >= 15 is 0 Å². The maximum Gasteiger partial charge on any atom is 0.244 e. The van der Waals surface area contributed by atoms with Gasteiger partial charge in [-0.25, -0.2) is 8.42 Å².